The smallest absolute Gasteiger partial charge is 0.253 e. The summed E-state index contributed by atoms with van der Waals surface area (Å²) in [6, 6.07) is 0. The van der Waals surface area contributed by atoms with E-state index >= 15 is 0 Å². The highest BCUT2D eigenvalue weighted by molar-refractivity contribution is 6.00. The number of hydrogen-bond donors (Lipinski definition) is 0. The van der Waals surface area contributed by atoms with E-state index < -0.39 is 0 Å². The van der Waals surface area contributed by atoms with Gasteiger partial charge in [-0.3, -0.25) is 14.4 Å². The van der Waals surface area contributed by atoms with E-state index in [1.54, 1.807) is 0 Å². The molecule has 12 heavy (non-hydrogen) atoms. The minimum absolute atomic E-state index is 0.248. The fourth-order valence-electron chi connectivity index (χ4n) is 0.760. The second-order valence-corrected chi connectivity index (χ2v) is 2.00. The fraction of sp³-hybridized carbons (Fsp3) is 0.571. The fourth-order valence-corrected chi connectivity index (χ4v) is 0.760. The number of aldehydes is 1. The highest BCUT2D eigenvalue weighted by atomic mass is 16.7. The molecule has 0 aromatic heterocycles. The number of nitrogens with zero attached hydrogens (tertiary/aromatic N) is 1. The average molecular weight is 173 g/mol. The van der Waals surface area contributed by atoms with E-state index in [9.17, 15) is 9.59 Å². The first kappa shape index (κ1) is 10.8. The van der Waals surface area contributed by atoms with Gasteiger partial charge in [0.05, 0.1) is 7.11 Å². The normalized spacial score (nSPS) is 15.7. The predicted molar refractivity (Wildman–Crippen MR) is 39.8 cm³/mol. The molecule has 0 saturated carbocycles. The van der Waals surface area contributed by atoms with Crippen LogP contribution >= 0.6 is 0 Å². The van der Waals surface area contributed by atoms with Crippen LogP contribution in [0.1, 0.15) is 19.8 Å². The van der Waals surface area contributed by atoms with E-state index in [1.807, 2.05) is 0 Å². The van der Waals surface area contributed by atoms with Gasteiger partial charge in [-0.2, -0.15) is 5.06 Å². The number of amides is 2. The van der Waals surface area contributed by atoms with Gasteiger partial charge in [-0.05, 0) is 6.92 Å². The highest BCUT2D eigenvalue weighted by Crippen LogP contribution is 2.10. The summed E-state index contributed by atoms with van der Waals surface area (Å²) in [6.45, 7) is 1.44. The van der Waals surface area contributed by atoms with Crippen molar-refractivity contribution in [2.45, 2.75) is 19.8 Å². The van der Waals surface area contributed by atoms with Crippen LogP contribution in [0.15, 0.2) is 0 Å². The molecule has 1 saturated heterocycles. The Morgan fingerprint density at radius 3 is 1.83 bits per heavy atom. The Labute approximate surface area is 70.2 Å². The molecule has 0 aliphatic carbocycles. The van der Waals surface area contributed by atoms with Gasteiger partial charge in [0.15, 0.2) is 0 Å². The quantitative estimate of drug-likeness (QED) is 0.410. The first-order chi connectivity index (χ1) is 5.67. The van der Waals surface area contributed by atoms with Gasteiger partial charge in [-0.15, -0.1) is 0 Å². The van der Waals surface area contributed by atoms with Gasteiger partial charge in [-0.1, -0.05) is 0 Å². The predicted octanol–water partition coefficient (Wildman–Crippen LogP) is -0.0980. The molecule has 2 amide bonds. The van der Waals surface area contributed by atoms with Gasteiger partial charge in [0.1, 0.15) is 6.29 Å². The minimum Gasteiger partial charge on any atom is -0.304 e. The molecule has 5 nitrogen and oxygen atoms in total. The third kappa shape index (κ3) is 2.79. The lowest BCUT2D eigenvalue weighted by Crippen LogP contribution is -2.27. The van der Waals surface area contributed by atoms with Crippen molar-refractivity contribution >= 4 is 18.1 Å². The molecule has 5 heteroatoms. The van der Waals surface area contributed by atoms with Crippen molar-refractivity contribution in [1.29, 1.82) is 0 Å². The second-order valence-electron chi connectivity index (χ2n) is 2.00. The molecule has 1 fully saturated rings. The Morgan fingerprint density at radius 2 is 1.67 bits per heavy atom. The number of rotatable bonds is 1. The van der Waals surface area contributed by atoms with Crippen molar-refractivity contribution in [2.75, 3.05) is 7.11 Å². The molecule has 1 aliphatic rings. The van der Waals surface area contributed by atoms with Crippen LogP contribution in [0, 0.1) is 0 Å². The molecule has 0 atom stereocenters. The summed E-state index contributed by atoms with van der Waals surface area (Å²) >= 11 is 0. The van der Waals surface area contributed by atoms with Crippen molar-refractivity contribution in [1.82, 2.24) is 5.06 Å². The highest BCUT2D eigenvalue weighted by Gasteiger charge is 2.28. The topological polar surface area (TPSA) is 63.7 Å². The Balaban J connectivity index is 0.000000354. The summed E-state index contributed by atoms with van der Waals surface area (Å²) < 4.78 is 0. The molecule has 0 aromatic carbocycles. The monoisotopic (exact) mass is 173 g/mol. The van der Waals surface area contributed by atoms with Gasteiger partial charge in [0.25, 0.3) is 11.8 Å². The number of carbonyl (C=O) groups excluding carboxylic acids is 3. The molecule has 1 heterocycles. The molecule has 0 radical (unpaired) electrons. The lowest BCUT2D eigenvalue weighted by molar-refractivity contribution is -0.179. The lowest BCUT2D eigenvalue weighted by Gasteiger charge is -2.07. The number of hydrogen-bond acceptors (Lipinski definition) is 4. The van der Waals surface area contributed by atoms with Crippen LogP contribution in [-0.4, -0.2) is 30.3 Å². The van der Waals surface area contributed by atoms with Crippen LogP contribution in [0.25, 0.3) is 0 Å². The van der Waals surface area contributed by atoms with E-state index in [2.05, 4.69) is 4.84 Å². The SMILES string of the molecule is CC=O.CON1C(=O)CCC1=O. The largest absolute Gasteiger partial charge is 0.304 e. The van der Waals surface area contributed by atoms with Crippen molar-refractivity contribution in [3.8, 4) is 0 Å². The molecule has 0 bridgehead atoms. The first-order valence-electron chi connectivity index (χ1n) is 3.47. The first-order valence-corrected chi connectivity index (χ1v) is 3.47. The standard InChI is InChI=1S/C5H7NO3.C2H4O/c1-9-6-4(7)2-3-5(6)8;1-2-3/h2-3H2,1H3;2H,1H3. The number of imide groups is 1. The third-order valence-electron chi connectivity index (χ3n) is 1.19. The van der Waals surface area contributed by atoms with E-state index in [0.29, 0.717) is 0 Å². The second kappa shape index (κ2) is 5.42. The molecule has 0 spiro atoms. The van der Waals surface area contributed by atoms with Crippen molar-refractivity contribution in [3.63, 3.8) is 0 Å². The van der Waals surface area contributed by atoms with Crippen molar-refractivity contribution in [3.05, 3.63) is 0 Å². The van der Waals surface area contributed by atoms with Crippen LogP contribution in [0.5, 0.6) is 0 Å². The van der Waals surface area contributed by atoms with E-state index in [1.165, 1.54) is 14.0 Å². The lowest BCUT2D eigenvalue weighted by atomic mass is 10.4. The number of carbonyl (C=O) groups is 3. The zero-order chi connectivity index (χ0) is 9.56. The molecular formula is C7H11NO4. The van der Waals surface area contributed by atoms with Crippen LogP contribution in [-0.2, 0) is 19.2 Å². The van der Waals surface area contributed by atoms with Crippen LogP contribution in [0.4, 0.5) is 0 Å². The van der Waals surface area contributed by atoms with Gasteiger partial charge < -0.3 is 4.79 Å². The summed E-state index contributed by atoms with van der Waals surface area (Å²) in [5.74, 6) is -0.495. The summed E-state index contributed by atoms with van der Waals surface area (Å²) in [4.78, 5) is 34.5. The molecule has 0 unspecified atom stereocenters. The third-order valence-corrected chi connectivity index (χ3v) is 1.19. The van der Waals surface area contributed by atoms with Gasteiger partial charge >= 0.3 is 0 Å². The molecule has 0 N–H and O–H groups in total. The summed E-state index contributed by atoms with van der Waals surface area (Å²) in [7, 11) is 1.31. The van der Waals surface area contributed by atoms with Crippen LogP contribution in [0.3, 0.4) is 0 Å². The molecular weight excluding hydrogens is 162 g/mol. The Hall–Kier alpha value is -1.23. The maximum Gasteiger partial charge on any atom is 0.253 e. The molecule has 68 valence electrons. The maximum absolute atomic E-state index is 10.6. The van der Waals surface area contributed by atoms with Crippen molar-refractivity contribution in [2.24, 2.45) is 0 Å². The van der Waals surface area contributed by atoms with E-state index in [-0.39, 0.29) is 24.7 Å². The molecule has 1 rings (SSSR count). The minimum atomic E-state index is -0.248. The van der Waals surface area contributed by atoms with E-state index in [0.717, 1.165) is 11.3 Å². The summed E-state index contributed by atoms with van der Waals surface area (Å²) in [6.07, 6.45) is 1.32. The Morgan fingerprint density at radius 1 is 1.33 bits per heavy atom. The van der Waals surface area contributed by atoms with E-state index in [4.69, 9.17) is 4.79 Å². The van der Waals surface area contributed by atoms with Gasteiger partial charge in [-0.25, -0.2) is 0 Å². The van der Waals surface area contributed by atoms with Crippen LogP contribution < -0.4 is 0 Å². The zero-order valence-electron chi connectivity index (χ0n) is 7.07. The summed E-state index contributed by atoms with van der Waals surface area (Å²) in [5.41, 5.74) is 0. The Bertz CT molecular complexity index is 174. The molecule has 1 aliphatic heterocycles. The zero-order valence-corrected chi connectivity index (χ0v) is 7.07. The maximum atomic E-state index is 10.6. The van der Waals surface area contributed by atoms with Crippen molar-refractivity contribution < 1.29 is 19.2 Å². The Kier molecular flexibility index (Phi) is 4.87. The van der Waals surface area contributed by atoms with Gasteiger partial charge in [0, 0.05) is 12.8 Å². The average Bonchev–Trinajstić information content (AvgIpc) is 2.33. The summed E-state index contributed by atoms with van der Waals surface area (Å²) in [5, 5.41) is 0.792. The van der Waals surface area contributed by atoms with Gasteiger partial charge in [0.2, 0.25) is 0 Å². The van der Waals surface area contributed by atoms with Crippen LogP contribution in [0.2, 0.25) is 0 Å². The molecule has 0 aromatic rings. The number of hydroxylamine groups is 2.